The number of rotatable bonds is 5. The van der Waals surface area contributed by atoms with Crippen LogP contribution in [-0.4, -0.2) is 21.4 Å². The quantitative estimate of drug-likeness (QED) is 0.513. The van der Waals surface area contributed by atoms with Crippen molar-refractivity contribution in [3.05, 3.63) is 71.0 Å². The number of nitrogens with zero attached hydrogens (tertiary/aromatic N) is 1. The van der Waals surface area contributed by atoms with Crippen LogP contribution in [0.5, 0.6) is 5.75 Å². The molecule has 1 saturated heterocycles. The summed E-state index contributed by atoms with van der Waals surface area (Å²) in [4.78, 5) is 12.5. The topological polar surface area (TPSA) is 43.3 Å². The minimum absolute atomic E-state index is 0.176. The van der Waals surface area contributed by atoms with E-state index in [-0.39, 0.29) is 17.5 Å². The van der Waals surface area contributed by atoms with Gasteiger partial charge >= 0.3 is 0 Å². The molecule has 4 rings (SSSR count). The van der Waals surface area contributed by atoms with Crippen LogP contribution in [0.2, 0.25) is 0 Å². The molecule has 1 amide bonds. The number of fused-ring (bicyclic) bond motifs is 1. The Bertz CT molecular complexity index is 1070. The Hall–Kier alpha value is -2.64. The van der Waals surface area contributed by atoms with Crippen molar-refractivity contribution in [2.75, 3.05) is 6.61 Å². The van der Waals surface area contributed by atoms with Crippen LogP contribution in [0.25, 0.3) is 17.0 Å². The molecule has 0 saturated carbocycles. The van der Waals surface area contributed by atoms with Crippen LogP contribution in [0.4, 0.5) is 4.39 Å². The van der Waals surface area contributed by atoms with Crippen LogP contribution >= 0.6 is 24.0 Å². The van der Waals surface area contributed by atoms with E-state index in [9.17, 15) is 9.18 Å². The van der Waals surface area contributed by atoms with Gasteiger partial charge in [0.1, 0.15) is 10.9 Å². The molecule has 136 valence electrons. The van der Waals surface area contributed by atoms with E-state index in [1.165, 1.54) is 17.8 Å². The fourth-order valence-electron chi connectivity index (χ4n) is 2.95. The zero-order chi connectivity index (χ0) is 18.8. The van der Waals surface area contributed by atoms with Gasteiger partial charge in [0.25, 0.3) is 5.91 Å². The molecule has 2 heterocycles. The van der Waals surface area contributed by atoms with E-state index in [1.54, 1.807) is 18.2 Å². The molecular formula is C20H15FN2O2S2. The highest BCUT2D eigenvalue weighted by Gasteiger charge is 2.22. The first kappa shape index (κ1) is 17.8. The first-order chi connectivity index (χ1) is 13.1. The molecule has 1 aliphatic heterocycles. The van der Waals surface area contributed by atoms with Crippen molar-refractivity contribution in [1.82, 2.24) is 9.88 Å². The summed E-state index contributed by atoms with van der Waals surface area (Å²) in [5.74, 6) is -0.311. The molecule has 4 nitrogen and oxygen atoms in total. The molecule has 7 heteroatoms. The number of carbonyl (C=O) groups is 1. The number of para-hydroxylation sites is 2. The molecule has 0 radical (unpaired) electrons. The third-order valence-electron chi connectivity index (χ3n) is 4.17. The Morgan fingerprint density at radius 2 is 1.96 bits per heavy atom. The van der Waals surface area contributed by atoms with Crippen molar-refractivity contribution < 1.29 is 13.9 Å². The molecule has 1 aromatic heterocycles. The number of aromatic nitrogens is 1. The molecule has 0 atom stereocenters. The first-order valence-corrected chi connectivity index (χ1v) is 9.54. The van der Waals surface area contributed by atoms with E-state index in [0.717, 1.165) is 16.5 Å². The maximum Gasteiger partial charge on any atom is 0.263 e. The maximum atomic E-state index is 13.7. The average Bonchev–Trinajstić information content (AvgIpc) is 3.17. The van der Waals surface area contributed by atoms with Crippen LogP contribution in [0, 0.1) is 5.82 Å². The van der Waals surface area contributed by atoms with Crippen molar-refractivity contribution in [2.24, 2.45) is 0 Å². The van der Waals surface area contributed by atoms with Crippen LogP contribution in [0.3, 0.4) is 0 Å². The predicted octanol–water partition coefficient (Wildman–Crippen LogP) is 4.35. The Kier molecular flexibility index (Phi) is 4.96. The van der Waals surface area contributed by atoms with E-state index in [0.29, 0.717) is 22.4 Å². The van der Waals surface area contributed by atoms with Crippen LogP contribution < -0.4 is 10.1 Å². The summed E-state index contributed by atoms with van der Waals surface area (Å²) in [7, 11) is 0. The summed E-state index contributed by atoms with van der Waals surface area (Å²) in [6.07, 6.45) is 3.81. The zero-order valence-electron chi connectivity index (χ0n) is 14.1. The maximum absolute atomic E-state index is 13.7. The lowest BCUT2D eigenvalue weighted by Crippen LogP contribution is -2.17. The third-order valence-corrected chi connectivity index (χ3v) is 5.34. The number of hydrogen-bond acceptors (Lipinski definition) is 4. The summed E-state index contributed by atoms with van der Waals surface area (Å²) in [5, 5.41) is 3.65. The minimum atomic E-state index is -0.375. The SMILES string of the molecule is O=C1NC(=S)S/C1=C\c1cn(CCOc2ccccc2F)c2ccccc12. The van der Waals surface area contributed by atoms with E-state index in [2.05, 4.69) is 5.32 Å². The van der Waals surface area contributed by atoms with Gasteiger partial charge in [-0.1, -0.05) is 54.3 Å². The molecule has 1 aliphatic rings. The van der Waals surface area contributed by atoms with E-state index in [1.807, 2.05) is 41.1 Å². The van der Waals surface area contributed by atoms with Gasteiger partial charge in [0.2, 0.25) is 0 Å². The highest BCUT2D eigenvalue weighted by molar-refractivity contribution is 8.26. The van der Waals surface area contributed by atoms with E-state index < -0.39 is 0 Å². The summed E-state index contributed by atoms with van der Waals surface area (Å²) < 4.78 is 21.8. The molecule has 0 unspecified atom stereocenters. The number of benzene rings is 2. The first-order valence-electron chi connectivity index (χ1n) is 8.32. The highest BCUT2D eigenvalue weighted by atomic mass is 32.2. The molecule has 0 aliphatic carbocycles. The lowest BCUT2D eigenvalue weighted by Gasteiger charge is -2.08. The van der Waals surface area contributed by atoms with Gasteiger partial charge in [-0.3, -0.25) is 4.79 Å². The molecule has 1 N–H and O–H groups in total. The number of ether oxygens (including phenoxy) is 1. The molecule has 1 fully saturated rings. The Labute approximate surface area is 165 Å². The van der Waals surface area contributed by atoms with Gasteiger partial charge in [0.15, 0.2) is 11.6 Å². The Morgan fingerprint density at radius 1 is 1.19 bits per heavy atom. The van der Waals surface area contributed by atoms with Crippen LogP contribution in [0.15, 0.2) is 59.6 Å². The number of nitrogens with one attached hydrogen (secondary N) is 1. The van der Waals surface area contributed by atoms with Crippen molar-refractivity contribution in [1.29, 1.82) is 0 Å². The lowest BCUT2D eigenvalue weighted by atomic mass is 10.1. The van der Waals surface area contributed by atoms with Gasteiger partial charge in [-0.05, 0) is 24.3 Å². The monoisotopic (exact) mass is 398 g/mol. The number of halogens is 1. The average molecular weight is 398 g/mol. The molecule has 27 heavy (non-hydrogen) atoms. The van der Waals surface area contributed by atoms with Crippen LogP contribution in [0.1, 0.15) is 5.56 Å². The normalized spacial score (nSPS) is 15.5. The predicted molar refractivity (Wildman–Crippen MR) is 110 cm³/mol. The molecule has 0 spiro atoms. The van der Waals surface area contributed by atoms with Crippen LogP contribution in [-0.2, 0) is 11.3 Å². The second-order valence-electron chi connectivity index (χ2n) is 5.93. The second-order valence-corrected chi connectivity index (χ2v) is 7.64. The zero-order valence-corrected chi connectivity index (χ0v) is 15.8. The number of thioether (sulfide) groups is 1. The number of hydrogen-bond donors (Lipinski definition) is 1. The Morgan fingerprint density at radius 3 is 2.74 bits per heavy atom. The standard InChI is InChI=1S/C20H15FN2O2S2/c21-15-6-2-4-8-17(15)25-10-9-23-12-13(14-5-1-3-7-16(14)23)11-18-19(24)22-20(26)27-18/h1-8,11-12H,9-10H2,(H,22,24,26)/b18-11-. The summed E-state index contributed by atoms with van der Waals surface area (Å²) in [5.41, 5.74) is 1.95. The van der Waals surface area contributed by atoms with E-state index in [4.69, 9.17) is 17.0 Å². The summed E-state index contributed by atoms with van der Waals surface area (Å²) in [6.45, 7) is 0.880. The highest BCUT2D eigenvalue weighted by Crippen LogP contribution is 2.29. The van der Waals surface area contributed by atoms with Gasteiger partial charge in [-0.2, -0.15) is 0 Å². The lowest BCUT2D eigenvalue weighted by molar-refractivity contribution is -0.115. The molecule has 0 bridgehead atoms. The Balaban J connectivity index is 1.59. The minimum Gasteiger partial charge on any atom is -0.489 e. The summed E-state index contributed by atoms with van der Waals surface area (Å²) in [6, 6.07) is 14.3. The van der Waals surface area contributed by atoms with E-state index >= 15 is 0 Å². The number of thiocarbonyl (C=S) groups is 1. The largest absolute Gasteiger partial charge is 0.489 e. The van der Waals surface area contributed by atoms with Crippen molar-refractivity contribution in [3.63, 3.8) is 0 Å². The third kappa shape index (κ3) is 3.74. The number of carbonyl (C=O) groups excluding carboxylic acids is 1. The van der Waals surface area contributed by atoms with Crippen molar-refractivity contribution in [2.45, 2.75) is 6.54 Å². The molecule has 3 aromatic rings. The van der Waals surface area contributed by atoms with Gasteiger partial charge < -0.3 is 14.6 Å². The fraction of sp³-hybridized carbons (Fsp3) is 0.100. The fourth-order valence-corrected chi connectivity index (χ4v) is 3.99. The van der Waals surface area contributed by atoms with Crippen molar-refractivity contribution in [3.8, 4) is 5.75 Å². The number of amides is 1. The second kappa shape index (κ2) is 7.54. The smallest absolute Gasteiger partial charge is 0.263 e. The van der Waals surface area contributed by atoms with Crippen molar-refractivity contribution >= 4 is 51.2 Å². The van der Waals surface area contributed by atoms with Gasteiger partial charge in [-0.15, -0.1) is 0 Å². The van der Waals surface area contributed by atoms with Gasteiger partial charge in [0.05, 0.1) is 11.4 Å². The van der Waals surface area contributed by atoms with Gasteiger partial charge in [0, 0.05) is 22.7 Å². The molecule has 2 aromatic carbocycles. The molecular weight excluding hydrogens is 383 g/mol. The van der Waals surface area contributed by atoms with Gasteiger partial charge in [-0.25, -0.2) is 4.39 Å². The summed E-state index contributed by atoms with van der Waals surface area (Å²) >= 11 is 6.30.